The van der Waals surface area contributed by atoms with E-state index >= 15 is 0 Å². The number of esters is 1. The Kier molecular flexibility index (Phi) is 3.33. The van der Waals surface area contributed by atoms with Gasteiger partial charge >= 0.3 is 5.97 Å². The van der Waals surface area contributed by atoms with E-state index in [1.165, 1.54) is 12.1 Å². The molecular weight excluding hydrogens is 297 g/mol. The van der Waals surface area contributed by atoms with Crippen LogP contribution in [0.4, 0.5) is 4.39 Å². The van der Waals surface area contributed by atoms with Crippen LogP contribution >= 0.6 is 0 Å². The molecule has 1 aliphatic carbocycles. The predicted octanol–water partition coefficient (Wildman–Crippen LogP) is 4.34. The summed E-state index contributed by atoms with van der Waals surface area (Å²) in [5, 5.41) is 0. The summed E-state index contributed by atoms with van der Waals surface area (Å²) < 4.78 is 24.8. The first-order valence-electron chi connectivity index (χ1n) is 7.55. The quantitative estimate of drug-likeness (QED) is 0.531. The van der Waals surface area contributed by atoms with Gasteiger partial charge in [-0.2, -0.15) is 0 Å². The highest BCUT2D eigenvalue weighted by Crippen LogP contribution is 2.33. The lowest BCUT2D eigenvalue weighted by molar-refractivity contribution is -0.134. The number of hydrogen-bond donors (Lipinski definition) is 0. The summed E-state index contributed by atoms with van der Waals surface area (Å²) in [4.78, 5) is 16.0. The molecule has 4 rings (SSSR count). The molecule has 2 aromatic carbocycles. The Labute approximate surface area is 131 Å². The molecule has 1 aliphatic rings. The third-order valence-corrected chi connectivity index (χ3v) is 3.85. The molecule has 0 spiro atoms. The number of benzene rings is 2. The second kappa shape index (κ2) is 5.50. The Morgan fingerprint density at radius 1 is 1.26 bits per heavy atom. The Balaban J connectivity index is 1.58. The molecule has 0 atom stereocenters. The SMILES string of the molecule is O=C(CC1CC1)Oc1ccc(-c2nc3ccccc3o2)cc1F. The minimum absolute atomic E-state index is 0.0597. The maximum Gasteiger partial charge on any atom is 0.311 e. The number of aromatic nitrogens is 1. The molecule has 5 heteroatoms. The molecular formula is C18H14FNO3. The zero-order valence-electron chi connectivity index (χ0n) is 12.3. The minimum atomic E-state index is -0.603. The molecule has 1 aromatic heterocycles. The maximum absolute atomic E-state index is 14.2. The van der Waals surface area contributed by atoms with Gasteiger partial charge in [-0.15, -0.1) is 0 Å². The molecule has 0 radical (unpaired) electrons. The highest BCUT2D eigenvalue weighted by molar-refractivity contribution is 5.76. The molecule has 0 bridgehead atoms. The molecule has 0 aliphatic heterocycles. The van der Waals surface area contributed by atoms with Gasteiger partial charge in [0, 0.05) is 12.0 Å². The molecule has 0 N–H and O–H groups in total. The summed E-state index contributed by atoms with van der Waals surface area (Å²) in [6.45, 7) is 0. The second-order valence-corrected chi connectivity index (χ2v) is 5.75. The standard InChI is InChI=1S/C18H14FNO3/c19-13-10-12(18-20-14-3-1-2-4-16(14)23-18)7-8-15(13)22-17(21)9-11-5-6-11/h1-4,7-8,10-11H,5-6,9H2. The highest BCUT2D eigenvalue weighted by Gasteiger charge is 2.26. The Morgan fingerprint density at radius 3 is 2.83 bits per heavy atom. The number of oxazole rings is 1. The van der Waals surface area contributed by atoms with E-state index in [2.05, 4.69) is 4.98 Å². The average molecular weight is 311 g/mol. The normalized spacial score (nSPS) is 14.1. The van der Waals surface area contributed by atoms with Crippen LogP contribution in [0.25, 0.3) is 22.6 Å². The van der Waals surface area contributed by atoms with Crippen LogP contribution in [0.15, 0.2) is 46.9 Å². The number of para-hydroxylation sites is 2. The molecule has 4 nitrogen and oxygen atoms in total. The number of carbonyl (C=O) groups is 1. The summed E-state index contributed by atoms with van der Waals surface area (Å²) in [6.07, 6.45) is 2.45. The fourth-order valence-electron chi connectivity index (χ4n) is 2.43. The van der Waals surface area contributed by atoms with E-state index in [4.69, 9.17) is 9.15 Å². The van der Waals surface area contributed by atoms with Crippen LogP contribution in [0.1, 0.15) is 19.3 Å². The summed E-state index contributed by atoms with van der Waals surface area (Å²) in [5.41, 5.74) is 1.85. The topological polar surface area (TPSA) is 52.3 Å². The van der Waals surface area contributed by atoms with Gasteiger partial charge in [-0.25, -0.2) is 9.37 Å². The van der Waals surface area contributed by atoms with Crippen molar-refractivity contribution < 1.29 is 18.3 Å². The van der Waals surface area contributed by atoms with Crippen molar-refractivity contribution in [3.63, 3.8) is 0 Å². The smallest absolute Gasteiger partial charge is 0.311 e. The number of ether oxygens (including phenoxy) is 1. The molecule has 23 heavy (non-hydrogen) atoms. The predicted molar refractivity (Wildman–Crippen MR) is 82.4 cm³/mol. The monoisotopic (exact) mass is 311 g/mol. The third-order valence-electron chi connectivity index (χ3n) is 3.85. The van der Waals surface area contributed by atoms with Gasteiger partial charge in [-0.1, -0.05) is 12.1 Å². The van der Waals surface area contributed by atoms with Crippen LogP contribution < -0.4 is 4.74 Å². The number of halogens is 1. The number of carbonyl (C=O) groups excluding carboxylic acids is 1. The summed E-state index contributed by atoms with van der Waals surface area (Å²) in [6, 6.07) is 11.7. The maximum atomic E-state index is 14.2. The number of hydrogen-bond acceptors (Lipinski definition) is 4. The fourth-order valence-corrected chi connectivity index (χ4v) is 2.43. The summed E-state index contributed by atoms with van der Waals surface area (Å²) in [5.74, 6) is -0.309. The van der Waals surface area contributed by atoms with Crippen molar-refractivity contribution in [3.8, 4) is 17.2 Å². The molecule has 3 aromatic rings. The number of nitrogens with zero attached hydrogens (tertiary/aromatic N) is 1. The molecule has 116 valence electrons. The van der Waals surface area contributed by atoms with Crippen LogP contribution in [-0.4, -0.2) is 11.0 Å². The van der Waals surface area contributed by atoms with Gasteiger partial charge in [-0.3, -0.25) is 4.79 Å². The Bertz CT molecular complexity index is 850. The van der Waals surface area contributed by atoms with E-state index in [0.29, 0.717) is 34.9 Å². The van der Waals surface area contributed by atoms with Crippen LogP contribution in [0.2, 0.25) is 0 Å². The fraction of sp³-hybridized carbons (Fsp3) is 0.222. The lowest BCUT2D eigenvalue weighted by atomic mass is 10.2. The van der Waals surface area contributed by atoms with Gasteiger partial charge in [-0.05, 0) is 49.1 Å². The van der Waals surface area contributed by atoms with E-state index in [9.17, 15) is 9.18 Å². The van der Waals surface area contributed by atoms with Crippen LogP contribution in [0, 0.1) is 11.7 Å². The van der Waals surface area contributed by atoms with E-state index in [1.807, 2.05) is 18.2 Å². The van der Waals surface area contributed by atoms with Crippen molar-refractivity contribution >= 4 is 17.1 Å². The first kappa shape index (κ1) is 13.9. The van der Waals surface area contributed by atoms with E-state index in [1.54, 1.807) is 12.1 Å². The molecule has 1 fully saturated rings. The largest absolute Gasteiger partial charge is 0.436 e. The number of fused-ring (bicyclic) bond motifs is 1. The minimum Gasteiger partial charge on any atom is -0.436 e. The van der Waals surface area contributed by atoms with E-state index in [-0.39, 0.29) is 11.7 Å². The zero-order valence-corrected chi connectivity index (χ0v) is 12.3. The van der Waals surface area contributed by atoms with Crippen molar-refractivity contribution in [1.82, 2.24) is 4.98 Å². The number of rotatable bonds is 4. The Morgan fingerprint density at radius 2 is 2.09 bits per heavy atom. The molecule has 0 amide bonds. The van der Waals surface area contributed by atoms with Gasteiger partial charge in [0.1, 0.15) is 5.52 Å². The van der Waals surface area contributed by atoms with Gasteiger partial charge in [0.2, 0.25) is 5.89 Å². The summed E-state index contributed by atoms with van der Waals surface area (Å²) in [7, 11) is 0. The third kappa shape index (κ3) is 2.95. The van der Waals surface area contributed by atoms with Crippen LogP contribution in [0.5, 0.6) is 5.75 Å². The van der Waals surface area contributed by atoms with E-state index < -0.39 is 5.82 Å². The summed E-state index contributed by atoms with van der Waals surface area (Å²) >= 11 is 0. The molecule has 1 saturated carbocycles. The first-order valence-corrected chi connectivity index (χ1v) is 7.55. The van der Waals surface area contributed by atoms with Crippen LogP contribution in [-0.2, 0) is 4.79 Å². The first-order chi connectivity index (χ1) is 11.2. The van der Waals surface area contributed by atoms with Crippen molar-refractivity contribution in [2.45, 2.75) is 19.3 Å². The second-order valence-electron chi connectivity index (χ2n) is 5.75. The van der Waals surface area contributed by atoms with E-state index in [0.717, 1.165) is 12.8 Å². The lowest BCUT2D eigenvalue weighted by Crippen LogP contribution is -2.09. The zero-order chi connectivity index (χ0) is 15.8. The van der Waals surface area contributed by atoms with Gasteiger partial charge in [0.05, 0.1) is 0 Å². The molecule has 0 unspecified atom stereocenters. The van der Waals surface area contributed by atoms with Gasteiger partial charge in [0.25, 0.3) is 0 Å². The van der Waals surface area contributed by atoms with Gasteiger partial charge in [0.15, 0.2) is 17.1 Å². The van der Waals surface area contributed by atoms with Crippen molar-refractivity contribution in [2.24, 2.45) is 5.92 Å². The van der Waals surface area contributed by atoms with Crippen molar-refractivity contribution in [2.75, 3.05) is 0 Å². The molecule has 1 heterocycles. The van der Waals surface area contributed by atoms with Crippen molar-refractivity contribution in [1.29, 1.82) is 0 Å². The molecule has 0 saturated heterocycles. The van der Waals surface area contributed by atoms with Gasteiger partial charge < -0.3 is 9.15 Å². The lowest BCUT2D eigenvalue weighted by Gasteiger charge is -2.05. The Hall–Kier alpha value is -2.69. The van der Waals surface area contributed by atoms with Crippen LogP contribution in [0.3, 0.4) is 0 Å². The van der Waals surface area contributed by atoms with Crippen molar-refractivity contribution in [3.05, 3.63) is 48.3 Å². The highest BCUT2D eigenvalue weighted by atomic mass is 19.1. The average Bonchev–Trinajstić information content (AvgIpc) is 3.24.